The molecule has 8 nitrogen and oxygen atoms in total. The highest BCUT2D eigenvalue weighted by atomic mass is 35.5. The summed E-state index contributed by atoms with van der Waals surface area (Å²) in [5.74, 6) is 1.52. The quantitative estimate of drug-likeness (QED) is 0.580. The second-order valence-electron chi connectivity index (χ2n) is 5.49. The van der Waals surface area contributed by atoms with Gasteiger partial charge in [-0.05, 0) is 35.0 Å². The van der Waals surface area contributed by atoms with Crippen molar-refractivity contribution in [1.29, 1.82) is 0 Å². The molecule has 3 aromatic heterocycles. The van der Waals surface area contributed by atoms with Crippen LogP contribution in [0.3, 0.4) is 0 Å². The molecular formula is C15H15ClN8. The summed E-state index contributed by atoms with van der Waals surface area (Å²) in [4.78, 5) is 15.5. The van der Waals surface area contributed by atoms with E-state index in [4.69, 9.17) is 11.6 Å². The first kappa shape index (κ1) is 14.8. The number of aromatic amines is 2. The lowest BCUT2D eigenvalue weighted by Crippen LogP contribution is -1.94. The molecule has 0 atom stereocenters. The molecule has 9 heteroatoms. The zero-order valence-corrected chi connectivity index (χ0v) is 13.7. The summed E-state index contributed by atoms with van der Waals surface area (Å²) in [5, 5.41) is 11.7. The molecule has 24 heavy (non-hydrogen) atoms. The predicted molar refractivity (Wildman–Crippen MR) is 90.0 cm³/mol. The van der Waals surface area contributed by atoms with E-state index in [1.165, 1.54) is 0 Å². The van der Waals surface area contributed by atoms with E-state index in [0.717, 1.165) is 41.8 Å². The van der Waals surface area contributed by atoms with E-state index in [-0.39, 0.29) is 0 Å². The van der Waals surface area contributed by atoms with Crippen molar-refractivity contribution in [2.75, 3.05) is 0 Å². The number of hydrogen-bond acceptors (Lipinski definition) is 5. The molecule has 3 heterocycles. The van der Waals surface area contributed by atoms with Gasteiger partial charge in [0.15, 0.2) is 5.82 Å². The molecule has 1 aromatic carbocycles. The Labute approximate surface area is 142 Å². The highest BCUT2D eigenvalue weighted by Gasteiger charge is 2.15. The van der Waals surface area contributed by atoms with Gasteiger partial charge in [-0.15, -0.1) is 5.10 Å². The molecule has 4 rings (SSSR count). The van der Waals surface area contributed by atoms with Gasteiger partial charge in [0.2, 0.25) is 0 Å². The van der Waals surface area contributed by atoms with Gasteiger partial charge in [-0.3, -0.25) is 0 Å². The Morgan fingerprint density at radius 2 is 2.12 bits per heavy atom. The van der Waals surface area contributed by atoms with E-state index in [2.05, 4.69) is 42.4 Å². The average molecular weight is 343 g/mol. The lowest BCUT2D eigenvalue weighted by atomic mass is 10.2. The summed E-state index contributed by atoms with van der Waals surface area (Å²) < 4.78 is 1.59. The summed E-state index contributed by atoms with van der Waals surface area (Å²) in [6, 6.07) is 5.74. The van der Waals surface area contributed by atoms with Gasteiger partial charge in [0.1, 0.15) is 23.0 Å². The van der Waals surface area contributed by atoms with E-state index < -0.39 is 0 Å². The van der Waals surface area contributed by atoms with Crippen molar-refractivity contribution in [3.63, 3.8) is 0 Å². The molecule has 0 fully saturated rings. The fourth-order valence-corrected chi connectivity index (χ4v) is 2.79. The van der Waals surface area contributed by atoms with Gasteiger partial charge in [0.05, 0.1) is 16.7 Å². The number of rotatable bonds is 5. The molecule has 0 saturated heterocycles. The molecule has 0 spiro atoms. The minimum absolute atomic E-state index is 0.501. The smallest absolute Gasteiger partial charge is 0.160 e. The van der Waals surface area contributed by atoms with Gasteiger partial charge in [-0.2, -0.15) is 0 Å². The van der Waals surface area contributed by atoms with Crippen molar-refractivity contribution >= 4 is 22.6 Å². The Hall–Kier alpha value is -2.74. The van der Waals surface area contributed by atoms with Crippen molar-refractivity contribution in [3.8, 4) is 17.2 Å². The molecule has 2 N–H and O–H groups in total. The van der Waals surface area contributed by atoms with Crippen molar-refractivity contribution in [2.45, 2.75) is 26.2 Å². The second-order valence-corrected chi connectivity index (χ2v) is 5.87. The zero-order chi connectivity index (χ0) is 16.5. The first-order valence-corrected chi connectivity index (χ1v) is 8.10. The number of nitrogens with zero attached hydrogens (tertiary/aromatic N) is 6. The molecular weight excluding hydrogens is 328 g/mol. The monoisotopic (exact) mass is 342 g/mol. The van der Waals surface area contributed by atoms with E-state index in [9.17, 15) is 0 Å². The van der Waals surface area contributed by atoms with Crippen LogP contribution in [-0.2, 0) is 6.42 Å². The summed E-state index contributed by atoms with van der Waals surface area (Å²) in [6.07, 6.45) is 4.60. The normalized spacial score (nSPS) is 11.4. The van der Waals surface area contributed by atoms with Crippen molar-refractivity contribution in [3.05, 3.63) is 35.5 Å². The molecule has 0 unspecified atom stereocenters. The minimum Gasteiger partial charge on any atom is -0.336 e. The number of tetrazole rings is 1. The van der Waals surface area contributed by atoms with Crippen LogP contribution in [0.4, 0.5) is 0 Å². The first-order valence-electron chi connectivity index (χ1n) is 7.72. The number of imidazole rings is 2. The van der Waals surface area contributed by atoms with E-state index >= 15 is 0 Å². The molecule has 4 aromatic rings. The highest BCUT2D eigenvalue weighted by molar-refractivity contribution is 6.31. The van der Waals surface area contributed by atoms with E-state index in [1.807, 2.05) is 18.2 Å². The van der Waals surface area contributed by atoms with Crippen LogP contribution in [-0.4, -0.2) is 40.1 Å². The summed E-state index contributed by atoms with van der Waals surface area (Å²) >= 11 is 6.29. The third-order valence-electron chi connectivity index (χ3n) is 3.78. The van der Waals surface area contributed by atoms with E-state index in [1.54, 1.807) is 11.0 Å². The topological polar surface area (TPSA) is 101 Å². The summed E-state index contributed by atoms with van der Waals surface area (Å²) in [7, 11) is 0. The number of aryl methyl sites for hydroxylation is 1. The standard InChI is InChI=1S/C15H15ClN8/c1-2-3-4-12-20-13(14(16)21-12)15-18-10-6-5-9(7-11(10)19-15)24-8-17-22-23-24/h5-8H,2-4H2,1H3,(H,18,19)(H,20,21). The Balaban J connectivity index is 1.71. The van der Waals surface area contributed by atoms with Crippen LogP contribution in [0.2, 0.25) is 5.15 Å². The molecule has 0 amide bonds. The highest BCUT2D eigenvalue weighted by Crippen LogP contribution is 2.26. The van der Waals surface area contributed by atoms with Gasteiger partial charge >= 0.3 is 0 Å². The Kier molecular flexibility index (Phi) is 3.73. The summed E-state index contributed by atoms with van der Waals surface area (Å²) in [5.41, 5.74) is 3.19. The van der Waals surface area contributed by atoms with Gasteiger partial charge < -0.3 is 9.97 Å². The van der Waals surface area contributed by atoms with Crippen LogP contribution in [0.25, 0.3) is 28.2 Å². The van der Waals surface area contributed by atoms with Crippen molar-refractivity contribution < 1.29 is 0 Å². The molecule has 0 aliphatic carbocycles. The van der Waals surface area contributed by atoms with Gasteiger partial charge in [-0.1, -0.05) is 24.9 Å². The van der Waals surface area contributed by atoms with Crippen LogP contribution in [0.1, 0.15) is 25.6 Å². The number of fused-ring (bicyclic) bond motifs is 1. The number of halogens is 1. The van der Waals surface area contributed by atoms with Gasteiger partial charge in [-0.25, -0.2) is 14.6 Å². The maximum absolute atomic E-state index is 6.29. The number of unbranched alkanes of at least 4 members (excludes halogenated alkanes) is 1. The van der Waals surface area contributed by atoms with Crippen molar-refractivity contribution in [1.82, 2.24) is 40.1 Å². The van der Waals surface area contributed by atoms with Crippen molar-refractivity contribution in [2.24, 2.45) is 0 Å². The van der Waals surface area contributed by atoms with Crippen LogP contribution in [0, 0.1) is 0 Å². The fraction of sp³-hybridized carbons (Fsp3) is 0.267. The lowest BCUT2D eigenvalue weighted by molar-refractivity contribution is 0.763. The number of benzene rings is 1. The van der Waals surface area contributed by atoms with Crippen LogP contribution >= 0.6 is 11.6 Å². The SMILES string of the molecule is CCCCc1nc(-c2nc3ccc(-n4cnnn4)cc3[nH]2)c(Cl)[nH]1. The molecule has 0 saturated carbocycles. The van der Waals surface area contributed by atoms with Gasteiger partial charge in [0.25, 0.3) is 0 Å². The third-order valence-corrected chi connectivity index (χ3v) is 4.05. The van der Waals surface area contributed by atoms with Crippen LogP contribution in [0.15, 0.2) is 24.5 Å². The molecule has 122 valence electrons. The fourth-order valence-electron chi connectivity index (χ4n) is 2.55. The number of aromatic nitrogens is 8. The molecule has 0 radical (unpaired) electrons. The first-order chi connectivity index (χ1) is 11.7. The minimum atomic E-state index is 0.501. The Morgan fingerprint density at radius 3 is 2.92 bits per heavy atom. The van der Waals surface area contributed by atoms with Crippen LogP contribution in [0.5, 0.6) is 0 Å². The molecule has 0 aliphatic rings. The maximum atomic E-state index is 6.29. The zero-order valence-electron chi connectivity index (χ0n) is 13.0. The number of nitrogens with one attached hydrogen (secondary N) is 2. The van der Waals surface area contributed by atoms with Crippen LogP contribution < -0.4 is 0 Å². The third kappa shape index (κ3) is 2.65. The second kappa shape index (κ2) is 6.04. The number of H-pyrrole nitrogens is 2. The Morgan fingerprint density at radius 1 is 1.21 bits per heavy atom. The predicted octanol–water partition coefficient (Wildman–Crippen LogP) is 2.92. The maximum Gasteiger partial charge on any atom is 0.160 e. The molecule has 0 bridgehead atoms. The largest absolute Gasteiger partial charge is 0.336 e. The lowest BCUT2D eigenvalue weighted by Gasteiger charge is -1.97. The molecule has 0 aliphatic heterocycles. The summed E-state index contributed by atoms with van der Waals surface area (Å²) in [6.45, 7) is 2.15. The number of hydrogen-bond donors (Lipinski definition) is 2. The van der Waals surface area contributed by atoms with E-state index in [0.29, 0.717) is 16.7 Å². The van der Waals surface area contributed by atoms with Gasteiger partial charge in [0, 0.05) is 6.42 Å². The average Bonchev–Trinajstić information content (AvgIpc) is 3.31. The Bertz CT molecular complexity index is 969.